The summed E-state index contributed by atoms with van der Waals surface area (Å²) in [4.78, 5) is 21.0. The fraction of sp³-hybridized carbons (Fsp3) is 0.529. The van der Waals surface area contributed by atoms with Gasteiger partial charge in [-0.3, -0.25) is 4.90 Å². The van der Waals surface area contributed by atoms with Gasteiger partial charge < -0.3 is 15.0 Å². The number of anilines is 1. The molecule has 6 nitrogen and oxygen atoms in total. The molecule has 2 aliphatic rings. The van der Waals surface area contributed by atoms with Gasteiger partial charge in [-0.25, -0.2) is 9.79 Å². The van der Waals surface area contributed by atoms with Crippen molar-refractivity contribution >= 4 is 17.6 Å². The summed E-state index contributed by atoms with van der Waals surface area (Å²) in [7, 11) is 0. The average molecular weight is 316 g/mol. The molecule has 1 aromatic rings. The normalized spacial score (nSPS) is 18.3. The number of aliphatic imine (C=N–C) groups is 1. The Morgan fingerprint density at radius 3 is 2.61 bits per heavy atom. The predicted molar refractivity (Wildman–Crippen MR) is 91.0 cm³/mol. The molecule has 0 atom stereocenters. The molecule has 0 aromatic heterocycles. The first-order valence-corrected chi connectivity index (χ1v) is 8.06. The zero-order valence-electron chi connectivity index (χ0n) is 14.0. The summed E-state index contributed by atoms with van der Waals surface area (Å²) in [5.41, 5.74) is 1.34. The van der Waals surface area contributed by atoms with Gasteiger partial charge in [0.1, 0.15) is 18.1 Å². The fourth-order valence-electron chi connectivity index (χ4n) is 2.82. The van der Waals surface area contributed by atoms with E-state index in [1.165, 1.54) is 0 Å². The first kappa shape index (κ1) is 15.8. The molecule has 0 aliphatic carbocycles. The van der Waals surface area contributed by atoms with Crippen molar-refractivity contribution in [3.63, 3.8) is 0 Å². The number of nitrogens with zero attached hydrogens (tertiary/aromatic N) is 3. The number of amides is 1. The van der Waals surface area contributed by atoms with E-state index in [-0.39, 0.29) is 6.09 Å². The van der Waals surface area contributed by atoms with Gasteiger partial charge in [-0.1, -0.05) is 12.1 Å². The molecule has 0 spiro atoms. The first-order chi connectivity index (χ1) is 11.0. The number of hydrogen-bond donors (Lipinski definition) is 1. The summed E-state index contributed by atoms with van der Waals surface area (Å²) >= 11 is 0. The number of amidine groups is 1. The average Bonchev–Trinajstić information content (AvgIpc) is 2.53. The van der Waals surface area contributed by atoms with E-state index in [0.717, 1.165) is 43.3 Å². The van der Waals surface area contributed by atoms with E-state index in [2.05, 4.69) is 15.2 Å². The molecule has 23 heavy (non-hydrogen) atoms. The SMILES string of the molecule is CC(C)(C)OC(=O)N1CN=C(N2CCNCC2)c2ccccc21. The van der Waals surface area contributed by atoms with Crippen molar-refractivity contribution in [3.8, 4) is 0 Å². The number of carbonyl (C=O) groups is 1. The van der Waals surface area contributed by atoms with Crippen LogP contribution in [0, 0.1) is 0 Å². The minimum Gasteiger partial charge on any atom is -0.443 e. The summed E-state index contributed by atoms with van der Waals surface area (Å²) in [6, 6.07) is 7.90. The summed E-state index contributed by atoms with van der Waals surface area (Å²) in [6.45, 7) is 9.68. The van der Waals surface area contributed by atoms with Crippen LogP contribution in [0.25, 0.3) is 0 Å². The van der Waals surface area contributed by atoms with Crippen molar-refractivity contribution in [1.29, 1.82) is 0 Å². The quantitative estimate of drug-likeness (QED) is 0.796. The highest BCUT2D eigenvalue weighted by Gasteiger charge is 2.30. The second-order valence-electron chi connectivity index (χ2n) is 6.79. The maximum absolute atomic E-state index is 12.5. The van der Waals surface area contributed by atoms with Gasteiger partial charge in [0.25, 0.3) is 0 Å². The largest absolute Gasteiger partial charge is 0.443 e. The molecule has 1 aromatic carbocycles. The third-order valence-corrected chi connectivity index (χ3v) is 3.83. The molecule has 3 rings (SSSR count). The lowest BCUT2D eigenvalue weighted by Crippen LogP contribution is -2.49. The summed E-state index contributed by atoms with van der Waals surface area (Å²) in [5.74, 6) is 0.974. The molecule has 0 saturated carbocycles. The van der Waals surface area contributed by atoms with Crippen LogP contribution in [0.15, 0.2) is 29.3 Å². The van der Waals surface area contributed by atoms with Crippen LogP contribution in [0.3, 0.4) is 0 Å². The van der Waals surface area contributed by atoms with Crippen LogP contribution in [0.5, 0.6) is 0 Å². The molecule has 124 valence electrons. The highest BCUT2D eigenvalue weighted by atomic mass is 16.6. The smallest absolute Gasteiger partial charge is 0.416 e. The van der Waals surface area contributed by atoms with E-state index >= 15 is 0 Å². The third-order valence-electron chi connectivity index (χ3n) is 3.83. The van der Waals surface area contributed by atoms with Crippen LogP contribution in [-0.2, 0) is 4.74 Å². The number of ether oxygens (including phenoxy) is 1. The van der Waals surface area contributed by atoms with Gasteiger partial charge in [0, 0.05) is 31.7 Å². The zero-order chi connectivity index (χ0) is 16.4. The van der Waals surface area contributed by atoms with Gasteiger partial charge >= 0.3 is 6.09 Å². The Balaban J connectivity index is 1.88. The van der Waals surface area contributed by atoms with E-state index in [0.29, 0.717) is 6.67 Å². The van der Waals surface area contributed by atoms with Crippen LogP contribution in [-0.4, -0.2) is 55.3 Å². The predicted octanol–water partition coefficient (Wildman–Crippen LogP) is 2.05. The van der Waals surface area contributed by atoms with Crippen molar-refractivity contribution in [3.05, 3.63) is 29.8 Å². The minimum atomic E-state index is -0.519. The second kappa shape index (κ2) is 6.20. The van der Waals surface area contributed by atoms with E-state index < -0.39 is 5.60 Å². The zero-order valence-corrected chi connectivity index (χ0v) is 14.0. The molecule has 0 radical (unpaired) electrons. The maximum atomic E-state index is 12.5. The number of carbonyl (C=O) groups excluding carboxylic acids is 1. The number of hydrogen-bond acceptors (Lipinski definition) is 5. The van der Waals surface area contributed by atoms with E-state index in [4.69, 9.17) is 4.74 Å². The monoisotopic (exact) mass is 316 g/mol. The highest BCUT2D eigenvalue weighted by Crippen LogP contribution is 2.28. The van der Waals surface area contributed by atoms with Gasteiger partial charge in [-0.2, -0.15) is 0 Å². The Morgan fingerprint density at radius 1 is 1.22 bits per heavy atom. The van der Waals surface area contributed by atoms with Gasteiger partial charge in [-0.15, -0.1) is 0 Å². The number of rotatable bonds is 0. The Hall–Kier alpha value is -2.08. The van der Waals surface area contributed by atoms with Crippen molar-refractivity contribution in [2.45, 2.75) is 26.4 Å². The lowest BCUT2D eigenvalue weighted by atomic mass is 10.1. The fourth-order valence-corrected chi connectivity index (χ4v) is 2.82. The summed E-state index contributed by atoms with van der Waals surface area (Å²) in [5, 5.41) is 3.35. The van der Waals surface area contributed by atoms with Crippen molar-refractivity contribution in [2.24, 2.45) is 4.99 Å². The van der Waals surface area contributed by atoms with Gasteiger partial charge in [0.05, 0.1) is 5.69 Å². The van der Waals surface area contributed by atoms with Crippen molar-refractivity contribution in [1.82, 2.24) is 10.2 Å². The molecular formula is C17H24N4O2. The number of para-hydroxylation sites is 1. The molecule has 0 bridgehead atoms. The Kier molecular flexibility index (Phi) is 4.26. The molecule has 2 aliphatic heterocycles. The summed E-state index contributed by atoms with van der Waals surface area (Å²) < 4.78 is 5.51. The van der Waals surface area contributed by atoms with Crippen LogP contribution < -0.4 is 10.2 Å². The van der Waals surface area contributed by atoms with Gasteiger partial charge in [-0.05, 0) is 32.9 Å². The number of piperazine rings is 1. The van der Waals surface area contributed by atoms with E-state index in [1.54, 1.807) is 4.90 Å². The Bertz CT molecular complexity index is 615. The van der Waals surface area contributed by atoms with Gasteiger partial charge in [0.15, 0.2) is 0 Å². The number of benzene rings is 1. The van der Waals surface area contributed by atoms with Crippen LogP contribution in [0.1, 0.15) is 26.3 Å². The first-order valence-electron chi connectivity index (χ1n) is 8.06. The molecule has 1 fully saturated rings. The molecule has 1 saturated heterocycles. The van der Waals surface area contributed by atoms with Gasteiger partial charge in [0.2, 0.25) is 0 Å². The van der Waals surface area contributed by atoms with Crippen molar-refractivity contribution in [2.75, 3.05) is 37.7 Å². The Labute approximate surface area is 137 Å². The third kappa shape index (κ3) is 3.47. The molecule has 1 amide bonds. The van der Waals surface area contributed by atoms with Crippen molar-refractivity contribution < 1.29 is 9.53 Å². The highest BCUT2D eigenvalue weighted by molar-refractivity contribution is 6.08. The molecular weight excluding hydrogens is 292 g/mol. The maximum Gasteiger partial charge on any atom is 0.416 e. The minimum absolute atomic E-state index is 0.297. The molecule has 1 N–H and O–H groups in total. The number of nitrogens with one attached hydrogen (secondary N) is 1. The molecule has 6 heteroatoms. The number of fused-ring (bicyclic) bond motifs is 1. The lowest BCUT2D eigenvalue weighted by molar-refractivity contribution is 0.0580. The van der Waals surface area contributed by atoms with Crippen LogP contribution >= 0.6 is 0 Å². The standard InChI is InChI=1S/C17H24N4O2/c1-17(2,3)23-16(22)21-12-19-15(20-10-8-18-9-11-20)13-6-4-5-7-14(13)21/h4-7,18H,8-12H2,1-3H3. The van der Waals surface area contributed by atoms with Crippen LogP contribution in [0.4, 0.5) is 10.5 Å². The summed E-state index contributed by atoms with van der Waals surface area (Å²) in [6.07, 6.45) is -0.354. The van der Waals surface area contributed by atoms with E-state index in [9.17, 15) is 4.79 Å². The topological polar surface area (TPSA) is 57.2 Å². The van der Waals surface area contributed by atoms with E-state index in [1.807, 2.05) is 45.0 Å². The second-order valence-corrected chi connectivity index (χ2v) is 6.79. The lowest BCUT2D eigenvalue weighted by Gasteiger charge is -2.36. The molecule has 2 heterocycles. The van der Waals surface area contributed by atoms with Crippen LogP contribution in [0.2, 0.25) is 0 Å². The Morgan fingerprint density at radius 2 is 1.91 bits per heavy atom. The molecule has 0 unspecified atom stereocenters.